The summed E-state index contributed by atoms with van der Waals surface area (Å²) in [5.41, 5.74) is 2.52. The van der Waals surface area contributed by atoms with E-state index in [4.69, 9.17) is 6.42 Å². The van der Waals surface area contributed by atoms with Crippen molar-refractivity contribution < 1.29 is 64.3 Å². The first kappa shape index (κ1) is 19.1. The normalized spacial score (nSPS) is 15.3. The molecule has 1 aliphatic rings. The molecule has 0 aromatic heterocycles. The fourth-order valence-corrected chi connectivity index (χ4v) is 2.53. The quantitative estimate of drug-likeness (QED) is 0.586. The number of hydrogen-bond acceptors (Lipinski definition) is 2. The first-order valence-corrected chi connectivity index (χ1v) is 6.67. The van der Waals surface area contributed by atoms with E-state index >= 15 is 0 Å². The standard InChI is InChI=1S/C14H17BF3N2.K/c1-3-13-8-12(10-15(16,17)18)9-14(11(13)2)20-6-4-19-5-7-20;/h1,8-9,19H,4-7,10H2,2H3;/q-1;+1. The molecule has 0 saturated carbocycles. The molecule has 2 nitrogen and oxygen atoms in total. The van der Waals surface area contributed by atoms with E-state index < -0.39 is 13.3 Å². The molecule has 0 unspecified atom stereocenters. The Morgan fingerprint density at radius 2 is 1.90 bits per heavy atom. The minimum Gasteiger partial charge on any atom is -0.449 e. The van der Waals surface area contributed by atoms with Gasteiger partial charge in [-0.2, -0.15) is 0 Å². The molecular formula is C14H17BF3KN2. The fourth-order valence-electron chi connectivity index (χ4n) is 2.53. The van der Waals surface area contributed by atoms with Gasteiger partial charge in [-0.3, -0.25) is 0 Å². The number of terminal acetylenes is 1. The second kappa shape index (κ2) is 8.04. The molecule has 0 atom stereocenters. The molecule has 1 fully saturated rings. The predicted molar refractivity (Wildman–Crippen MR) is 77.0 cm³/mol. The van der Waals surface area contributed by atoms with Gasteiger partial charge in [0.05, 0.1) is 0 Å². The van der Waals surface area contributed by atoms with Crippen LogP contribution < -0.4 is 61.6 Å². The third-order valence-electron chi connectivity index (χ3n) is 3.52. The summed E-state index contributed by atoms with van der Waals surface area (Å²) < 4.78 is 37.9. The van der Waals surface area contributed by atoms with Crippen LogP contribution in [0.3, 0.4) is 0 Å². The summed E-state index contributed by atoms with van der Waals surface area (Å²) in [6, 6.07) is 3.12. The second-order valence-corrected chi connectivity index (χ2v) is 5.08. The number of piperazine rings is 1. The van der Waals surface area contributed by atoms with Crippen molar-refractivity contribution in [2.45, 2.75) is 13.2 Å². The van der Waals surface area contributed by atoms with Crippen molar-refractivity contribution >= 4 is 12.7 Å². The molecule has 2 rings (SSSR count). The van der Waals surface area contributed by atoms with Crippen molar-refractivity contribution in [2.24, 2.45) is 0 Å². The first-order chi connectivity index (χ1) is 9.40. The maximum atomic E-state index is 12.6. The zero-order valence-corrected chi connectivity index (χ0v) is 15.5. The summed E-state index contributed by atoms with van der Waals surface area (Å²) in [5, 5.41) is 3.23. The van der Waals surface area contributed by atoms with E-state index in [9.17, 15) is 12.9 Å². The smallest absolute Gasteiger partial charge is 0.449 e. The average Bonchev–Trinajstić information content (AvgIpc) is 2.40. The summed E-state index contributed by atoms with van der Waals surface area (Å²) in [4.78, 5) is 2.10. The van der Waals surface area contributed by atoms with Crippen molar-refractivity contribution in [3.63, 3.8) is 0 Å². The second-order valence-electron chi connectivity index (χ2n) is 5.08. The van der Waals surface area contributed by atoms with E-state index in [1.807, 2.05) is 6.92 Å². The zero-order valence-electron chi connectivity index (χ0n) is 12.4. The van der Waals surface area contributed by atoms with Crippen LogP contribution in [0.15, 0.2) is 12.1 Å². The van der Waals surface area contributed by atoms with Crippen LogP contribution in [-0.2, 0) is 6.32 Å². The van der Waals surface area contributed by atoms with Gasteiger partial charge < -0.3 is 23.2 Å². The third-order valence-corrected chi connectivity index (χ3v) is 3.52. The maximum absolute atomic E-state index is 12.6. The minimum absolute atomic E-state index is 0. The Morgan fingerprint density at radius 1 is 1.29 bits per heavy atom. The van der Waals surface area contributed by atoms with Crippen molar-refractivity contribution in [1.29, 1.82) is 0 Å². The SMILES string of the molecule is C#Cc1cc(C[B-](F)(F)F)cc(N2CCNCC2)c1C.[K+]. The average molecular weight is 320 g/mol. The number of hydrogen-bond donors (Lipinski definition) is 1. The number of halogens is 3. The molecule has 1 aliphatic heterocycles. The number of anilines is 1. The van der Waals surface area contributed by atoms with Crippen molar-refractivity contribution in [2.75, 3.05) is 31.1 Å². The van der Waals surface area contributed by atoms with E-state index in [2.05, 4.69) is 16.1 Å². The molecule has 0 radical (unpaired) electrons. The monoisotopic (exact) mass is 320 g/mol. The summed E-state index contributed by atoms with van der Waals surface area (Å²) in [6.45, 7) is 0.248. The molecule has 108 valence electrons. The molecule has 1 saturated heterocycles. The minimum atomic E-state index is -4.85. The van der Waals surface area contributed by atoms with Crippen molar-refractivity contribution in [3.05, 3.63) is 28.8 Å². The summed E-state index contributed by atoms with van der Waals surface area (Å²) in [5.74, 6) is 2.50. The van der Waals surface area contributed by atoms with Crippen LogP contribution in [0.5, 0.6) is 0 Å². The molecule has 0 amide bonds. The van der Waals surface area contributed by atoms with Gasteiger partial charge in [0.2, 0.25) is 0 Å². The summed E-state index contributed by atoms with van der Waals surface area (Å²) in [7, 11) is 0. The predicted octanol–water partition coefficient (Wildman–Crippen LogP) is -0.681. The molecule has 7 heteroatoms. The van der Waals surface area contributed by atoms with E-state index in [1.54, 1.807) is 6.07 Å². The van der Waals surface area contributed by atoms with Crippen molar-refractivity contribution in [3.8, 4) is 12.3 Å². The molecule has 0 aliphatic carbocycles. The molecule has 1 aromatic rings. The van der Waals surface area contributed by atoms with Gasteiger partial charge in [-0.15, -0.1) is 6.42 Å². The van der Waals surface area contributed by atoms with Crippen LogP contribution in [0.2, 0.25) is 0 Å². The van der Waals surface area contributed by atoms with Crippen molar-refractivity contribution in [1.82, 2.24) is 5.32 Å². The van der Waals surface area contributed by atoms with Gasteiger partial charge in [-0.25, -0.2) is 0 Å². The summed E-state index contributed by atoms with van der Waals surface area (Å²) >= 11 is 0. The van der Waals surface area contributed by atoms with Crippen LogP contribution in [0.4, 0.5) is 18.6 Å². The number of rotatable bonds is 3. The van der Waals surface area contributed by atoms with Crippen LogP contribution in [-0.4, -0.2) is 33.2 Å². The van der Waals surface area contributed by atoms with Gasteiger partial charge in [0.15, 0.2) is 0 Å². The van der Waals surface area contributed by atoms with E-state index in [-0.39, 0.29) is 56.9 Å². The zero-order chi connectivity index (χ0) is 14.8. The Morgan fingerprint density at radius 3 is 2.43 bits per heavy atom. The molecule has 0 spiro atoms. The largest absolute Gasteiger partial charge is 1.00 e. The van der Waals surface area contributed by atoms with Gasteiger partial charge in [-0.1, -0.05) is 17.8 Å². The van der Waals surface area contributed by atoms with Gasteiger partial charge >= 0.3 is 58.4 Å². The van der Waals surface area contributed by atoms with E-state index in [0.29, 0.717) is 5.56 Å². The topological polar surface area (TPSA) is 15.3 Å². The van der Waals surface area contributed by atoms with E-state index in [0.717, 1.165) is 37.4 Å². The van der Waals surface area contributed by atoms with Crippen LogP contribution in [0, 0.1) is 19.3 Å². The first-order valence-electron chi connectivity index (χ1n) is 6.67. The van der Waals surface area contributed by atoms with Crippen LogP contribution in [0.1, 0.15) is 16.7 Å². The number of benzene rings is 1. The van der Waals surface area contributed by atoms with Crippen LogP contribution in [0.25, 0.3) is 0 Å². The van der Waals surface area contributed by atoms with Crippen LogP contribution >= 0.6 is 0 Å². The molecular weight excluding hydrogens is 303 g/mol. The molecule has 0 bridgehead atoms. The Labute approximate surface area is 166 Å². The molecule has 21 heavy (non-hydrogen) atoms. The molecule has 1 aromatic carbocycles. The Hall–Kier alpha value is 0.0313. The van der Waals surface area contributed by atoms with E-state index in [1.165, 1.54) is 6.07 Å². The van der Waals surface area contributed by atoms with Gasteiger partial charge in [0.25, 0.3) is 0 Å². The van der Waals surface area contributed by atoms with Gasteiger partial charge in [-0.05, 0) is 24.6 Å². The fraction of sp³-hybridized carbons (Fsp3) is 0.429. The Balaban J connectivity index is 0.00000220. The molecule has 1 N–H and O–H groups in total. The number of nitrogens with one attached hydrogen (secondary N) is 1. The van der Waals surface area contributed by atoms with Gasteiger partial charge in [0.1, 0.15) is 0 Å². The third kappa shape index (κ3) is 5.31. The number of nitrogens with zero attached hydrogens (tertiary/aromatic N) is 1. The maximum Gasteiger partial charge on any atom is 1.00 e. The summed E-state index contributed by atoms with van der Waals surface area (Å²) in [6.07, 6.45) is 4.54. The Kier molecular flexibility index (Phi) is 7.31. The Bertz CT molecular complexity index is 534. The van der Waals surface area contributed by atoms with Gasteiger partial charge in [0, 0.05) is 37.4 Å². The molecule has 1 heterocycles.